The second-order valence-corrected chi connectivity index (χ2v) is 5.65. The molecule has 19 heavy (non-hydrogen) atoms. The summed E-state index contributed by atoms with van der Waals surface area (Å²) < 4.78 is 28.6. The summed E-state index contributed by atoms with van der Waals surface area (Å²) in [5.74, 6) is 0. The third kappa shape index (κ3) is 3.69. The van der Waals surface area contributed by atoms with Gasteiger partial charge in [-0.2, -0.15) is 8.42 Å². The maximum atomic E-state index is 11.9. The van der Waals surface area contributed by atoms with Crippen molar-refractivity contribution in [1.29, 1.82) is 0 Å². The Bertz CT molecular complexity index is 656. The van der Waals surface area contributed by atoms with E-state index < -0.39 is 10.1 Å². The molecule has 0 aliphatic rings. The molecule has 0 radical (unpaired) electrons. The molecule has 0 fully saturated rings. The molecule has 0 aliphatic carbocycles. The van der Waals surface area contributed by atoms with Crippen molar-refractivity contribution in [3.63, 3.8) is 0 Å². The van der Waals surface area contributed by atoms with Gasteiger partial charge in [-0.15, -0.1) is 0 Å². The summed E-state index contributed by atoms with van der Waals surface area (Å²) in [4.78, 5) is 0.149. The van der Waals surface area contributed by atoms with Crippen molar-refractivity contribution in [3.8, 4) is 0 Å². The molecule has 0 heterocycles. The van der Waals surface area contributed by atoms with Crippen LogP contribution >= 0.6 is 0 Å². The van der Waals surface area contributed by atoms with E-state index in [4.69, 9.17) is 4.18 Å². The van der Waals surface area contributed by atoms with Gasteiger partial charge in [0.1, 0.15) is 11.2 Å². The van der Waals surface area contributed by atoms with Gasteiger partial charge in [-0.3, -0.25) is 0 Å². The van der Waals surface area contributed by atoms with Gasteiger partial charge in [0.05, 0.1) is 0 Å². The zero-order valence-electron chi connectivity index (χ0n) is 10.5. The van der Waals surface area contributed by atoms with E-state index in [2.05, 4.69) is 0 Å². The van der Waals surface area contributed by atoms with Gasteiger partial charge in [-0.1, -0.05) is 48.0 Å². The zero-order valence-corrected chi connectivity index (χ0v) is 11.3. The number of rotatable bonds is 4. The van der Waals surface area contributed by atoms with Crippen LogP contribution in [0.2, 0.25) is 0 Å². The van der Waals surface area contributed by atoms with Crippen molar-refractivity contribution in [2.24, 2.45) is 0 Å². The van der Waals surface area contributed by atoms with E-state index in [0.29, 0.717) is 0 Å². The van der Waals surface area contributed by atoms with Crippen LogP contribution in [-0.4, -0.2) is 8.42 Å². The Morgan fingerprint density at radius 2 is 1.58 bits per heavy atom. The number of hydrogen-bond donors (Lipinski definition) is 0. The molecule has 0 aromatic heterocycles. The van der Waals surface area contributed by atoms with E-state index in [1.807, 2.05) is 37.3 Å². The lowest BCUT2D eigenvalue weighted by molar-refractivity contribution is 0.446. The minimum absolute atomic E-state index is 0.149. The van der Waals surface area contributed by atoms with Crippen molar-refractivity contribution >= 4 is 16.2 Å². The van der Waals surface area contributed by atoms with Crippen molar-refractivity contribution in [2.75, 3.05) is 0 Å². The molecule has 98 valence electrons. The van der Waals surface area contributed by atoms with Crippen LogP contribution < -0.4 is 0 Å². The summed E-state index contributed by atoms with van der Waals surface area (Å²) in [6.45, 7) is 1.90. The predicted molar refractivity (Wildman–Crippen MR) is 74.9 cm³/mol. The Balaban J connectivity index is 2.10. The highest BCUT2D eigenvalue weighted by molar-refractivity contribution is 7.86. The van der Waals surface area contributed by atoms with Crippen LogP contribution in [0.15, 0.2) is 65.8 Å². The van der Waals surface area contributed by atoms with Crippen LogP contribution in [0.1, 0.15) is 11.1 Å². The third-order valence-electron chi connectivity index (χ3n) is 2.55. The van der Waals surface area contributed by atoms with E-state index in [1.54, 1.807) is 18.2 Å². The van der Waals surface area contributed by atoms with Gasteiger partial charge in [0, 0.05) is 0 Å². The quantitative estimate of drug-likeness (QED) is 0.634. The average molecular weight is 274 g/mol. The Morgan fingerprint density at radius 3 is 2.21 bits per heavy atom. The monoisotopic (exact) mass is 274 g/mol. The van der Waals surface area contributed by atoms with Gasteiger partial charge in [-0.25, -0.2) is 0 Å². The van der Waals surface area contributed by atoms with Crippen molar-refractivity contribution in [3.05, 3.63) is 72.0 Å². The number of benzene rings is 2. The molecule has 3 nitrogen and oxygen atoms in total. The molecule has 0 amide bonds. The Labute approximate surface area is 113 Å². The van der Waals surface area contributed by atoms with Crippen LogP contribution in [0.4, 0.5) is 0 Å². The van der Waals surface area contributed by atoms with Crippen LogP contribution in [-0.2, 0) is 14.3 Å². The van der Waals surface area contributed by atoms with Gasteiger partial charge in [0.25, 0.3) is 0 Å². The summed E-state index contributed by atoms with van der Waals surface area (Å²) in [5.41, 5.74) is 1.88. The van der Waals surface area contributed by atoms with Crippen LogP contribution in [0.5, 0.6) is 0 Å². The highest BCUT2D eigenvalue weighted by Crippen LogP contribution is 2.14. The number of hydrogen-bond acceptors (Lipinski definition) is 3. The highest BCUT2D eigenvalue weighted by atomic mass is 32.2. The first kappa shape index (κ1) is 13.4. The van der Waals surface area contributed by atoms with Crippen LogP contribution in [0.25, 0.3) is 6.08 Å². The van der Waals surface area contributed by atoms with E-state index in [-0.39, 0.29) is 4.90 Å². The zero-order chi connectivity index (χ0) is 13.7. The van der Waals surface area contributed by atoms with Gasteiger partial charge in [0.2, 0.25) is 0 Å². The Kier molecular flexibility index (Phi) is 4.02. The smallest absolute Gasteiger partial charge is 0.338 e. The summed E-state index contributed by atoms with van der Waals surface area (Å²) in [6, 6.07) is 15.9. The standard InChI is InChI=1S/C15H14O3S/c1-13-7-9-15(10-8-13)19(16,17)18-12-11-14-5-3-2-4-6-14/h2-12H,1H3. The summed E-state index contributed by atoms with van der Waals surface area (Å²) in [7, 11) is -3.73. The van der Waals surface area contributed by atoms with Crippen molar-refractivity contribution in [1.82, 2.24) is 0 Å². The lowest BCUT2D eigenvalue weighted by Gasteiger charge is -2.03. The molecule has 0 atom stereocenters. The Hall–Kier alpha value is -2.07. The van der Waals surface area contributed by atoms with Gasteiger partial charge < -0.3 is 4.18 Å². The fraction of sp³-hybridized carbons (Fsp3) is 0.0667. The molecular formula is C15H14O3S. The van der Waals surface area contributed by atoms with Crippen molar-refractivity contribution in [2.45, 2.75) is 11.8 Å². The predicted octanol–water partition coefficient (Wildman–Crippen LogP) is 3.37. The normalized spacial score (nSPS) is 11.6. The molecule has 0 saturated carbocycles. The first-order valence-corrected chi connectivity index (χ1v) is 7.20. The van der Waals surface area contributed by atoms with E-state index in [1.165, 1.54) is 18.4 Å². The molecule has 0 saturated heterocycles. The first-order valence-electron chi connectivity index (χ1n) is 5.79. The fourth-order valence-corrected chi connectivity index (χ4v) is 2.29. The third-order valence-corrected chi connectivity index (χ3v) is 3.77. The van der Waals surface area contributed by atoms with Gasteiger partial charge in [-0.05, 0) is 30.7 Å². The van der Waals surface area contributed by atoms with E-state index >= 15 is 0 Å². The highest BCUT2D eigenvalue weighted by Gasteiger charge is 2.13. The molecule has 2 rings (SSSR count). The minimum Gasteiger partial charge on any atom is -0.387 e. The van der Waals surface area contributed by atoms with E-state index in [9.17, 15) is 8.42 Å². The van der Waals surface area contributed by atoms with Crippen LogP contribution in [0, 0.1) is 6.92 Å². The second kappa shape index (κ2) is 5.71. The SMILES string of the molecule is Cc1ccc(S(=O)(=O)OC=Cc2ccccc2)cc1. The largest absolute Gasteiger partial charge is 0.387 e. The summed E-state index contributed by atoms with van der Waals surface area (Å²) in [5, 5.41) is 0. The summed E-state index contributed by atoms with van der Waals surface area (Å²) >= 11 is 0. The first-order chi connectivity index (χ1) is 9.08. The average Bonchev–Trinajstić information content (AvgIpc) is 2.40. The molecule has 0 spiro atoms. The molecular weight excluding hydrogens is 260 g/mol. The topological polar surface area (TPSA) is 43.4 Å². The maximum Gasteiger partial charge on any atom is 0.338 e. The molecule has 4 heteroatoms. The molecule has 2 aromatic carbocycles. The lowest BCUT2D eigenvalue weighted by atomic mass is 10.2. The molecule has 0 unspecified atom stereocenters. The molecule has 2 aromatic rings. The van der Waals surface area contributed by atoms with Gasteiger partial charge in [0.15, 0.2) is 0 Å². The molecule has 0 bridgehead atoms. The Morgan fingerprint density at radius 1 is 0.947 bits per heavy atom. The second-order valence-electron chi connectivity index (χ2n) is 4.08. The summed E-state index contributed by atoms with van der Waals surface area (Å²) in [6.07, 6.45) is 2.79. The minimum atomic E-state index is -3.73. The van der Waals surface area contributed by atoms with Crippen molar-refractivity contribution < 1.29 is 12.6 Å². The van der Waals surface area contributed by atoms with Gasteiger partial charge >= 0.3 is 10.1 Å². The van der Waals surface area contributed by atoms with E-state index in [0.717, 1.165) is 11.1 Å². The lowest BCUT2D eigenvalue weighted by Crippen LogP contribution is -2.01. The molecule has 0 aliphatic heterocycles. The van der Waals surface area contributed by atoms with Crippen LogP contribution in [0.3, 0.4) is 0 Å². The fourth-order valence-electron chi connectivity index (χ4n) is 1.50. The molecule has 0 N–H and O–H groups in total. The number of aryl methyl sites for hydroxylation is 1. The maximum absolute atomic E-state index is 11.9.